The number of aromatic nitrogens is 5. The molecule has 0 N–H and O–H groups in total. The molecule has 0 saturated heterocycles. The smallest absolute Gasteiger partial charge is 0.279 e. The van der Waals surface area contributed by atoms with E-state index in [9.17, 15) is 4.79 Å². The molecule has 0 atom stereocenters. The van der Waals surface area contributed by atoms with Gasteiger partial charge in [0.15, 0.2) is 5.82 Å². The monoisotopic (exact) mass is 347 g/mol. The first-order chi connectivity index (χ1) is 12.5. The van der Waals surface area contributed by atoms with Crippen LogP contribution in [-0.4, -0.2) is 24.1 Å². The Kier molecular flexibility index (Phi) is 3.76. The van der Waals surface area contributed by atoms with Crippen LogP contribution in [0.5, 0.6) is 0 Å². The van der Waals surface area contributed by atoms with Gasteiger partial charge in [-0.3, -0.25) is 9.48 Å². The van der Waals surface area contributed by atoms with Gasteiger partial charge in [-0.05, 0) is 50.6 Å². The molecule has 4 rings (SSSR count). The Balaban J connectivity index is 1.92. The number of benzene rings is 2. The van der Waals surface area contributed by atoms with Crippen molar-refractivity contribution in [2.75, 3.05) is 0 Å². The van der Waals surface area contributed by atoms with E-state index < -0.39 is 0 Å². The minimum Gasteiger partial charge on any atom is -0.311 e. The maximum absolute atomic E-state index is 12.9. The molecule has 0 saturated carbocycles. The lowest BCUT2D eigenvalue weighted by molar-refractivity contribution is 0.604. The molecular formula is C20H21N5O. The van der Waals surface area contributed by atoms with E-state index in [4.69, 9.17) is 0 Å². The molecule has 6 heteroatoms. The van der Waals surface area contributed by atoms with Crippen LogP contribution in [0.15, 0.2) is 53.6 Å². The average Bonchev–Trinajstić information content (AvgIpc) is 3.20. The van der Waals surface area contributed by atoms with Gasteiger partial charge in [0.1, 0.15) is 6.33 Å². The molecule has 0 aliphatic heterocycles. The van der Waals surface area contributed by atoms with Crippen LogP contribution in [-0.2, 0) is 7.05 Å². The minimum absolute atomic E-state index is 0.0232. The van der Waals surface area contributed by atoms with Gasteiger partial charge in [-0.15, -0.1) is 10.2 Å². The van der Waals surface area contributed by atoms with E-state index in [-0.39, 0.29) is 11.6 Å². The summed E-state index contributed by atoms with van der Waals surface area (Å²) in [4.78, 5) is 12.9. The highest BCUT2D eigenvalue weighted by Crippen LogP contribution is 2.23. The number of hydrogen-bond acceptors (Lipinski definition) is 3. The minimum atomic E-state index is -0.0232. The number of hydrogen-bond donors (Lipinski definition) is 0. The molecule has 6 nitrogen and oxygen atoms in total. The predicted octanol–water partition coefficient (Wildman–Crippen LogP) is 3.48. The van der Waals surface area contributed by atoms with E-state index in [0.717, 1.165) is 28.2 Å². The number of fused-ring (bicyclic) bond motifs is 1. The Bertz CT molecular complexity index is 1160. The third-order valence-corrected chi connectivity index (χ3v) is 4.70. The molecule has 2 aromatic heterocycles. The van der Waals surface area contributed by atoms with Crippen molar-refractivity contribution in [3.8, 4) is 17.1 Å². The van der Waals surface area contributed by atoms with E-state index in [1.54, 1.807) is 11.0 Å². The summed E-state index contributed by atoms with van der Waals surface area (Å²) < 4.78 is 5.62. The van der Waals surface area contributed by atoms with Crippen LogP contribution in [0, 0.1) is 6.92 Å². The molecule has 0 fully saturated rings. The summed E-state index contributed by atoms with van der Waals surface area (Å²) in [6.45, 7) is 6.21. The fourth-order valence-corrected chi connectivity index (χ4v) is 3.34. The molecule has 0 aliphatic carbocycles. The van der Waals surface area contributed by atoms with Crippen molar-refractivity contribution >= 4 is 10.9 Å². The first kappa shape index (κ1) is 16.3. The number of rotatable bonds is 3. The molecule has 0 radical (unpaired) electrons. The Morgan fingerprint density at radius 1 is 1.08 bits per heavy atom. The van der Waals surface area contributed by atoms with Crippen LogP contribution < -0.4 is 5.56 Å². The lowest BCUT2D eigenvalue weighted by atomic mass is 10.1. The summed E-state index contributed by atoms with van der Waals surface area (Å²) in [5.74, 6) is 0.796. The molecule has 0 unspecified atom stereocenters. The average molecular weight is 347 g/mol. The fourth-order valence-electron chi connectivity index (χ4n) is 3.34. The van der Waals surface area contributed by atoms with E-state index in [1.165, 1.54) is 0 Å². The molecule has 2 heterocycles. The second-order valence-electron chi connectivity index (χ2n) is 6.87. The molecular weight excluding hydrogens is 326 g/mol. The standard InChI is InChI=1S/C20H21N5O/c1-13(2)24-12-21-22-19(24)15-6-5-7-16(11-15)25-20(26)17-9-8-14(3)10-18(17)23(25)4/h5-13H,1-4H3. The van der Waals surface area contributed by atoms with Gasteiger partial charge in [-0.2, -0.15) is 0 Å². The van der Waals surface area contributed by atoms with Crippen LogP contribution in [0.4, 0.5) is 0 Å². The van der Waals surface area contributed by atoms with Gasteiger partial charge in [0, 0.05) is 18.7 Å². The Morgan fingerprint density at radius 2 is 1.88 bits per heavy atom. The molecule has 0 aliphatic rings. The summed E-state index contributed by atoms with van der Waals surface area (Å²) >= 11 is 0. The first-order valence-electron chi connectivity index (χ1n) is 8.66. The molecule has 2 aromatic carbocycles. The van der Waals surface area contributed by atoms with Crippen molar-refractivity contribution in [1.29, 1.82) is 0 Å². The summed E-state index contributed by atoms with van der Waals surface area (Å²) in [5, 5.41) is 9.02. The van der Waals surface area contributed by atoms with Crippen LogP contribution in [0.25, 0.3) is 28.0 Å². The summed E-state index contributed by atoms with van der Waals surface area (Å²) in [6.07, 6.45) is 1.73. The van der Waals surface area contributed by atoms with Gasteiger partial charge < -0.3 is 4.57 Å². The normalized spacial score (nSPS) is 11.6. The highest BCUT2D eigenvalue weighted by atomic mass is 16.1. The topological polar surface area (TPSA) is 57.6 Å². The molecule has 26 heavy (non-hydrogen) atoms. The number of aryl methyl sites for hydroxylation is 2. The summed E-state index contributed by atoms with van der Waals surface area (Å²) in [5.41, 5.74) is 3.77. The second-order valence-corrected chi connectivity index (χ2v) is 6.87. The van der Waals surface area contributed by atoms with Crippen molar-refractivity contribution in [3.05, 3.63) is 64.7 Å². The molecule has 0 bridgehead atoms. The van der Waals surface area contributed by atoms with Crippen molar-refractivity contribution in [1.82, 2.24) is 24.1 Å². The molecule has 0 spiro atoms. The predicted molar refractivity (Wildman–Crippen MR) is 103 cm³/mol. The van der Waals surface area contributed by atoms with Crippen molar-refractivity contribution < 1.29 is 0 Å². The maximum atomic E-state index is 12.9. The van der Waals surface area contributed by atoms with Gasteiger partial charge in [0.25, 0.3) is 5.56 Å². The SMILES string of the molecule is Cc1ccc2c(=O)n(-c3cccc(-c4nncn4C(C)C)c3)n(C)c2c1. The summed E-state index contributed by atoms with van der Waals surface area (Å²) in [6, 6.07) is 14.0. The summed E-state index contributed by atoms with van der Waals surface area (Å²) in [7, 11) is 1.91. The van der Waals surface area contributed by atoms with Crippen molar-refractivity contribution in [2.24, 2.45) is 7.05 Å². The van der Waals surface area contributed by atoms with Crippen LogP contribution in [0.3, 0.4) is 0 Å². The van der Waals surface area contributed by atoms with E-state index in [0.29, 0.717) is 5.39 Å². The zero-order valence-electron chi connectivity index (χ0n) is 15.3. The molecule has 4 aromatic rings. The third-order valence-electron chi connectivity index (χ3n) is 4.70. The van der Waals surface area contributed by atoms with E-state index >= 15 is 0 Å². The zero-order chi connectivity index (χ0) is 18.4. The lowest BCUT2D eigenvalue weighted by Gasteiger charge is -2.12. The Morgan fingerprint density at radius 3 is 2.65 bits per heavy atom. The molecule has 132 valence electrons. The highest BCUT2D eigenvalue weighted by molar-refractivity contribution is 5.80. The van der Waals surface area contributed by atoms with Crippen LogP contribution in [0.1, 0.15) is 25.5 Å². The van der Waals surface area contributed by atoms with Gasteiger partial charge in [0.05, 0.1) is 16.6 Å². The zero-order valence-corrected chi connectivity index (χ0v) is 15.3. The van der Waals surface area contributed by atoms with Crippen molar-refractivity contribution in [3.63, 3.8) is 0 Å². The lowest BCUT2D eigenvalue weighted by Crippen LogP contribution is -2.19. The van der Waals surface area contributed by atoms with Crippen LogP contribution >= 0.6 is 0 Å². The Hall–Kier alpha value is -3.15. The van der Waals surface area contributed by atoms with Gasteiger partial charge in [0.2, 0.25) is 0 Å². The third kappa shape index (κ3) is 2.45. The van der Waals surface area contributed by atoms with E-state index in [2.05, 4.69) is 24.0 Å². The van der Waals surface area contributed by atoms with Gasteiger partial charge >= 0.3 is 0 Å². The number of nitrogens with zero attached hydrogens (tertiary/aromatic N) is 5. The largest absolute Gasteiger partial charge is 0.311 e. The fraction of sp³-hybridized carbons (Fsp3) is 0.250. The Labute approximate surface area is 151 Å². The van der Waals surface area contributed by atoms with Crippen molar-refractivity contribution in [2.45, 2.75) is 26.8 Å². The first-order valence-corrected chi connectivity index (χ1v) is 8.66. The molecule has 0 amide bonds. The van der Waals surface area contributed by atoms with E-state index in [1.807, 2.05) is 65.7 Å². The van der Waals surface area contributed by atoms with Crippen LogP contribution in [0.2, 0.25) is 0 Å². The van der Waals surface area contributed by atoms with Gasteiger partial charge in [-0.1, -0.05) is 18.2 Å². The second kappa shape index (κ2) is 5.98. The maximum Gasteiger partial charge on any atom is 0.279 e. The quantitative estimate of drug-likeness (QED) is 0.570. The highest BCUT2D eigenvalue weighted by Gasteiger charge is 2.15. The van der Waals surface area contributed by atoms with Gasteiger partial charge in [-0.25, -0.2) is 4.68 Å².